The summed E-state index contributed by atoms with van der Waals surface area (Å²) in [5.74, 6) is -3.21. The number of fused-ring (bicyclic) bond motifs is 1. The van der Waals surface area contributed by atoms with Crippen LogP contribution in [-0.2, 0) is 13.1 Å². The van der Waals surface area contributed by atoms with E-state index in [4.69, 9.17) is 0 Å². The van der Waals surface area contributed by atoms with Gasteiger partial charge in [-0.25, -0.2) is 8.78 Å². The van der Waals surface area contributed by atoms with Crippen molar-refractivity contribution in [1.82, 2.24) is 20.1 Å². The fraction of sp³-hybridized carbons (Fsp3) is 0.500. The first kappa shape index (κ1) is 24.4. The first-order valence-electron chi connectivity index (χ1n) is 12.6. The smallest absolute Gasteiger partial charge is 0.274 e. The van der Waals surface area contributed by atoms with Crippen LogP contribution in [0.5, 0.6) is 5.75 Å². The Morgan fingerprint density at radius 1 is 1.08 bits per heavy atom. The van der Waals surface area contributed by atoms with Crippen molar-refractivity contribution in [2.45, 2.75) is 63.7 Å². The number of pyridine rings is 1. The van der Waals surface area contributed by atoms with Gasteiger partial charge in [0.2, 0.25) is 5.43 Å². The number of halogens is 2. The van der Waals surface area contributed by atoms with Crippen LogP contribution in [0.4, 0.5) is 8.78 Å². The predicted molar refractivity (Wildman–Crippen MR) is 128 cm³/mol. The van der Waals surface area contributed by atoms with Crippen molar-refractivity contribution in [3.05, 3.63) is 63.1 Å². The van der Waals surface area contributed by atoms with Crippen LogP contribution in [0.1, 0.15) is 64.9 Å². The Labute approximate surface area is 207 Å². The molecule has 2 atom stereocenters. The lowest BCUT2D eigenvalue weighted by Gasteiger charge is -2.42. The molecule has 2 aromatic rings. The molecule has 1 aromatic carbocycles. The quantitative estimate of drug-likeness (QED) is 0.542. The standard InChI is InChI=1S/C26H30F2N4O4/c27-17-6-5-15(20(28)11-17)12-30-25(35)19-14-31-9-10-32(26(36)22(31)24(34)23(19)33)21-4-2-1-3-16(21)13-29-18-7-8-18/h5-6,11,14,16,18,21,29,34H,1-4,7-10,12-13H2,(H,30,35). The molecular weight excluding hydrogens is 470 g/mol. The normalized spacial score (nSPS) is 21.8. The molecule has 8 nitrogen and oxygen atoms in total. The molecule has 192 valence electrons. The topological polar surface area (TPSA) is 104 Å². The van der Waals surface area contributed by atoms with Crippen molar-refractivity contribution in [3.8, 4) is 5.75 Å². The van der Waals surface area contributed by atoms with Crippen LogP contribution in [-0.4, -0.2) is 51.6 Å². The lowest BCUT2D eigenvalue weighted by atomic mass is 9.83. The van der Waals surface area contributed by atoms with E-state index in [1.807, 2.05) is 0 Å². The number of benzene rings is 1. The maximum atomic E-state index is 13.9. The molecule has 2 saturated carbocycles. The van der Waals surface area contributed by atoms with Crippen molar-refractivity contribution in [2.75, 3.05) is 13.1 Å². The fourth-order valence-corrected chi connectivity index (χ4v) is 5.36. The van der Waals surface area contributed by atoms with E-state index in [-0.39, 0.29) is 29.4 Å². The summed E-state index contributed by atoms with van der Waals surface area (Å²) in [4.78, 5) is 40.8. The van der Waals surface area contributed by atoms with Gasteiger partial charge >= 0.3 is 0 Å². The van der Waals surface area contributed by atoms with Crippen LogP contribution in [0.3, 0.4) is 0 Å². The largest absolute Gasteiger partial charge is 0.503 e. The predicted octanol–water partition coefficient (Wildman–Crippen LogP) is 2.53. The molecule has 0 bridgehead atoms. The van der Waals surface area contributed by atoms with Gasteiger partial charge < -0.3 is 25.2 Å². The summed E-state index contributed by atoms with van der Waals surface area (Å²) < 4.78 is 28.4. The highest BCUT2D eigenvalue weighted by Crippen LogP contribution is 2.32. The number of hydrogen-bond donors (Lipinski definition) is 3. The van der Waals surface area contributed by atoms with Crippen LogP contribution in [0.15, 0.2) is 29.2 Å². The second-order valence-electron chi connectivity index (χ2n) is 9.97. The highest BCUT2D eigenvalue weighted by atomic mass is 19.1. The molecule has 36 heavy (non-hydrogen) atoms. The van der Waals surface area contributed by atoms with Gasteiger partial charge in [-0.1, -0.05) is 18.9 Å². The SMILES string of the molecule is O=C(NCc1ccc(F)cc1F)c1cn2c(c(O)c1=O)C(=O)N(C1CCCCC1CNC1CC1)CC2. The Hall–Kier alpha value is -3.27. The maximum absolute atomic E-state index is 13.9. The fourth-order valence-electron chi connectivity index (χ4n) is 5.36. The van der Waals surface area contributed by atoms with E-state index >= 15 is 0 Å². The monoisotopic (exact) mass is 500 g/mol. The number of aromatic nitrogens is 1. The summed E-state index contributed by atoms with van der Waals surface area (Å²) in [6, 6.07) is 3.60. The molecule has 0 radical (unpaired) electrons. The van der Waals surface area contributed by atoms with Crippen LogP contribution in [0, 0.1) is 17.6 Å². The molecule has 2 unspecified atom stereocenters. The van der Waals surface area contributed by atoms with Crippen molar-refractivity contribution < 1.29 is 23.5 Å². The van der Waals surface area contributed by atoms with Crippen LogP contribution in [0.25, 0.3) is 0 Å². The summed E-state index contributed by atoms with van der Waals surface area (Å²) in [6.07, 6.45) is 7.72. The highest BCUT2D eigenvalue weighted by Gasteiger charge is 2.38. The molecule has 1 aromatic heterocycles. The van der Waals surface area contributed by atoms with E-state index in [0.29, 0.717) is 31.1 Å². The number of rotatable bonds is 7. The van der Waals surface area contributed by atoms with E-state index in [0.717, 1.165) is 38.3 Å². The molecule has 2 heterocycles. The molecule has 10 heteroatoms. The summed E-state index contributed by atoms with van der Waals surface area (Å²) >= 11 is 0. The third kappa shape index (κ3) is 4.86. The Balaban J connectivity index is 1.33. The van der Waals surface area contributed by atoms with Crippen molar-refractivity contribution in [1.29, 1.82) is 0 Å². The molecule has 2 fully saturated rings. The Morgan fingerprint density at radius 3 is 2.61 bits per heavy atom. The van der Waals surface area contributed by atoms with Gasteiger partial charge in [0.05, 0.1) is 0 Å². The molecule has 5 rings (SSSR count). The van der Waals surface area contributed by atoms with Gasteiger partial charge in [-0.2, -0.15) is 0 Å². The zero-order valence-electron chi connectivity index (χ0n) is 19.9. The molecule has 2 amide bonds. The molecule has 3 aliphatic rings. The van der Waals surface area contributed by atoms with Gasteiger partial charge in [0.25, 0.3) is 11.8 Å². The number of nitrogens with zero attached hydrogens (tertiary/aromatic N) is 2. The number of aromatic hydroxyl groups is 1. The van der Waals surface area contributed by atoms with Gasteiger partial charge in [0.15, 0.2) is 11.4 Å². The van der Waals surface area contributed by atoms with Crippen LogP contribution < -0.4 is 16.1 Å². The van der Waals surface area contributed by atoms with E-state index in [9.17, 15) is 28.3 Å². The Kier molecular flexibility index (Phi) is 6.79. The average molecular weight is 501 g/mol. The Bertz CT molecular complexity index is 1240. The minimum absolute atomic E-state index is 0.0364. The Morgan fingerprint density at radius 2 is 1.86 bits per heavy atom. The maximum Gasteiger partial charge on any atom is 0.274 e. The molecule has 3 N–H and O–H groups in total. The summed E-state index contributed by atoms with van der Waals surface area (Å²) in [5.41, 5.74) is -1.35. The lowest BCUT2D eigenvalue weighted by Crippen LogP contribution is -2.53. The van der Waals surface area contributed by atoms with Gasteiger partial charge in [-0.05, 0) is 37.7 Å². The summed E-state index contributed by atoms with van der Waals surface area (Å²) in [7, 11) is 0. The van der Waals surface area contributed by atoms with Crippen LogP contribution in [0.2, 0.25) is 0 Å². The van der Waals surface area contributed by atoms with Crippen molar-refractivity contribution in [3.63, 3.8) is 0 Å². The lowest BCUT2D eigenvalue weighted by molar-refractivity contribution is 0.0457. The molecule has 1 aliphatic heterocycles. The van der Waals surface area contributed by atoms with Crippen molar-refractivity contribution in [2.24, 2.45) is 5.92 Å². The van der Waals surface area contributed by atoms with E-state index in [2.05, 4.69) is 10.6 Å². The zero-order valence-corrected chi connectivity index (χ0v) is 19.9. The minimum atomic E-state index is -0.955. The molecule has 0 saturated heterocycles. The van der Waals surface area contributed by atoms with Gasteiger partial charge in [-0.3, -0.25) is 14.4 Å². The van der Waals surface area contributed by atoms with E-state index in [1.165, 1.54) is 29.7 Å². The third-order valence-electron chi connectivity index (χ3n) is 7.52. The first-order chi connectivity index (χ1) is 17.3. The first-order valence-corrected chi connectivity index (χ1v) is 12.6. The third-order valence-corrected chi connectivity index (χ3v) is 7.52. The number of hydrogen-bond acceptors (Lipinski definition) is 5. The number of amides is 2. The highest BCUT2D eigenvalue weighted by molar-refractivity contribution is 5.99. The van der Waals surface area contributed by atoms with Gasteiger partial charge in [0, 0.05) is 56.1 Å². The molecule has 0 spiro atoms. The van der Waals surface area contributed by atoms with E-state index < -0.39 is 34.6 Å². The van der Waals surface area contributed by atoms with Crippen molar-refractivity contribution >= 4 is 11.8 Å². The van der Waals surface area contributed by atoms with Crippen LogP contribution >= 0.6 is 0 Å². The number of carbonyl (C=O) groups excluding carboxylic acids is 2. The molecule has 2 aliphatic carbocycles. The van der Waals surface area contributed by atoms with Gasteiger partial charge in [0.1, 0.15) is 17.2 Å². The number of carbonyl (C=O) groups is 2. The zero-order chi connectivity index (χ0) is 25.4. The second kappa shape index (κ2) is 10.0. The molecular formula is C26H30F2N4O4. The van der Waals surface area contributed by atoms with Gasteiger partial charge in [-0.15, -0.1) is 0 Å². The minimum Gasteiger partial charge on any atom is -0.503 e. The second-order valence-corrected chi connectivity index (χ2v) is 9.97. The average Bonchev–Trinajstić information content (AvgIpc) is 3.69. The summed E-state index contributed by atoms with van der Waals surface area (Å²) in [5, 5.41) is 16.7. The number of nitrogens with one attached hydrogen (secondary N) is 2. The van der Waals surface area contributed by atoms with E-state index in [1.54, 1.807) is 4.90 Å². The summed E-state index contributed by atoms with van der Waals surface area (Å²) in [6.45, 7) is 1.34.